The van der Waals surface area contributed by atoms with Crippen LogP contribution < -0.4 is 14.8 Å². The molecule has 1 aliphatic carbocycles. The normalized spacial score (nSPS) is 24.6. The summed E-state index contributed by atoms with van der Waals surface area (Å²) in [6.07, 6.45) is 6.63. The first kappa shape index (κ1) is 22.6. The van der Waals surface area contributed by atoms with Gasteiger partial charge in [0.05, 0.1) is 18.6 Å². The molecule has 2 fully saturated rings. The number of benzene rings is 2. The zero-order valence-electron chi connectivity index (χ0n) is 19.0. The summed E-state index contributed by atoms with van der Waals surface area (Å²) in [5.41, 5.74) is 1.83. The van der Waals surface area contributed by atoms with Gasteiger partial charge in [0.25, 0.3) is 5.91 Å². The molecule has 1 N–H and O–H groups in total. The monoisotopic (exact) mass is 452 g/mol. The number of anilines is 1. The molecule has 1 amide bonds. The van der Waals surface area contributed by atoms with E-state index in [0.717, 1.165) is 22.6 Å². The second kappa shape index (κ2) is 10.3. The Hall–Kier alpha value is -2.60. The van der Waals surface area contributed by atoms with E-state index in [9.17, 15) is 4.79 Å². The van der Waals surface area contributed by atoms with Crippen molar-refractivity contribution < 1.29 is 14.3 Å². The predicted molar refractivity (Wildman–Crippen MR) is 132 cm³/mol. The van der Waals surface area contributed by atoms with Crippen LogP contribution >= 0.6 is 11.8 Å². The lowest BCUT2D eigenvalue weighted by molar-refractivity contribution is -0.129. The summed E-state index contributed by atoms with van der Waals surface area (Å²) in [7, 11) is 1.64. The average Bonchev–Trinajstić information content (AvgIpc) is 3.10. The van der Waals surface area contributed by atoms with Gasteiger partial charge in [0.15, 0.2) is 17.0 Å². The highest BCUT2D eigenvalue weighted by molar-refractivity contribution is 8.05. The Balaban J connectivity index is 1.63. The molecule has 1 aliphatic heterocycles. The molecule has 4 rings (SSSR count). The number of thioether (sulfide) groups is 1. The van der Waals surface area contributed by atoms with E-state index in [1.807, 2.05) is 61.5 Å². The van der Waals surface area contributed by atoms with Crippen molar-refractivity contribution in [3.8, 4) is 11.5 Å². The first-order valence-electron chi connectivity index (χ1n) is 11.4. The van der Waals surface area contributed by atoms with Crippen molar-refractivity contribution in [3.05, 3.63) is 59.0 Å². The Labute approximate surface area is 195 Å². The number of amides is 1. The zero-order valence-corrected chi connectivity index (χ0v) is 19.9. The van der Waals surface area contributed by atoms with Crippen LogP contribution in [0.2, 0.25) is 0 Å². The van der Waals surface area contributed by atoms with Gasteiger partial charge in [-0.2, -0.15) is 0 Å². The molecule has 0 aromatic heterocycles. The predicted octanol–water partition coefficient (Wildman–Crippen LogP) is 5.98. The lowest BCUT2D eigenvalue weighted by atomic mass is 9.85. The Bertz CT molecular complexity index is 963. The number of nitrogens with zero attached hydrogens (tertiary/aromatic N) is 1. The molecule has 170 valence electrons. The molecule has 1 saturated heterocycles. The summed E-state index contributed by atoms with van der Waals surface area (Å²) in [6.45, 7) is 4.80. The Morgan fingerprint density at radius 2 is 1.91 bits per heavy atom. The van der Waals surface area contributed by atoms with Crippen LogP contribution in [-0.4, -0.2) is 36.1 Å². The van der Waals surface area contributed by atoms with Crippen molar-refractivity contribution >= 4 is 29.4 Å². The van der Waals surface area contributed by atoms with Crippen molar-refractivity contribution in [2.24, 2.45) is 5.92 Å². The molecule has 0 radical (unpaired) electrons. The summed E-state index contributed by atoms with van der Waals surface area (Å²) in [5.74, 6) is 1.99. The number of hydrogen-bond acceptors (Lipinski definition) is 5. The molecule has 32 heavy (non-hydrogen) atoms. The first-order chi connectivity index (χ1) is 15.6. The molecule has 0 bridgehead atoms. The molecular formula is C26H32N2O3S. The summed E-state index contributed by atoms with van der Waals surface area (Å²) >= 11 is 1.59. The zero-order chi connectivity index (χ0) is 22.5. The Kier molecular flexibility index (Phi) is 7.30. The van der Waals surface area contributed by atoms with Gasteiger partial charge in [-0.25, -0.2) is 0 Å². The van der Waals surface area contributed by atoms with Gasteiger partial charge in [-0.1, -0.05) is 55.8 Å². The van der Waals surface area contributed by atoms with Crippen molar-refractivity contribution in [2.75, 3.05) is 19.0 Å². The minimum atomic E-state index is -0.119. The summed E-state index contributed by atoms with van der Waals surface area (Å²) in [5, 5.41) is 3.59. The molecule has 1 heterocycles. The number of ether oxygens (including phenoxy) is 2. The SMILES string of the molecule is CCOc1ccc(/C=C2\SC(Nc3ccccc3)N([C@@H]3CCCC[C@@H]3C)C2=O)cc1OC. The summed E-state index contributed by atoms with van der Waals surface area (Å²) in [4.78, 5) is 16.5. The molecule has 5 nitrogen and oxygen atoms in total. The summed E-state index contributed by atoms with van der Waals surface area (Å²) in [6, 6.07) is 16.2. The van der Waals surface area contributed by atoms with Gasteiger partial charge in [0, 0.05) is 11.7 Å². The largest absolute Gasteiger partial charge is 0.493 e. The Morgan fingerprint density at radius 3 is 2.62 bits per heavy atom. The Morgan fingerprint density at radius 1 is 1.12 bits per heavy atom. The van der Waals surface area contributed by atoms with Crippen LogP contribution in [0.25, 0.3) is 6.08 Å². The van der Waals surface area contributed by atoms with Gasteiger partial charge in [-0.3, -0.25) is 4.79 Å². The topological polar surface area (TPSA) is 50.8 Å². The highest BCUT2D eigenvalue weighted by atomic mass is 32.2. The third-order valence-electron chi connectivity index (χ3n) is 6.21. The molecule has 1 unspecified atom stereocenters. The number of methoxy groups -OCH3 is 1. The second-order valence-corrected chi connectivity index (χ2v) is 9.50. The lowest BCUT2D eigenvalue weighted by Gasteiger charge is -2.39. The molecule has 3 atom stereocenters. The maximum Gasteiger partial charge on any atom is 0.262 e. The number of hydrogen-bond donors (Lipinski definition) is 1. The highest BCUT2D eigenvalue weighted by Crippen LogP contribution is 2.42. The van der Waals surface area contributed by atoms with Crippen LogP contribution in [0.4, 0.5) is 5.69 Å². The third kappa shape index (κ3) is 4.90. The fourth-order valence-corrected chi connectivity index (χ4v) is 5.78. The molecule has 0 spiro atoms. The molecular weight excluding hydrogens is 420 g/mol. The summed E-state index contributed by atoms with van der Waals surface area (Å²) < 4.78 is 11.1. The molecule has 1 saturated carbocycles. The number of carbonyl (C=O) groups excluding carboxylic acids is 1. The minimum Gasteiger partial charge on any atom is -0.493 e. The smallest absolute Gasteiger partial charge is 0.262 e. The van der Waals surface area contributed by atoms with E-state index >= 15 is 0 Å². The van der Waals surface area contributed by atoms with E-state index in [2.05, 4.69) is 17.1 Å². The number of nitrogens with one attached hydrogen (secondary N) is 1. The average molecular weight is 453 g/mol. The van der Waals surface area contributed by atoms with E-state index in [4.69, 9.17) is 9.47 Å². The molecule has 6 heteroatoms. The fraction of sp³-hybridized carbons (Fsp3) is 0.423. The lowest BCUT2D eigenvalue weighted by Crippen LogP contribution is -2.48. The maximum atomic E-state index is 13.6. The van der Waals surface area contributed by atoms with Crippen molar-refractivity contribution in [3.63, 3.8) is 0 Å². The number of para-hydroxylation sites is 1. The quantitative estimate of drug-likeness (QED) is 0.523. The highest BCUT2D eigenvalue weighted by Gasteiger charge is 2.42. The van der Waals surface area contributed by atoms with Crippen molar-refractivity contribution in [1.29, 1.82) is 0 Å². The van der Waals surface area contributed by atoms with Crippen molar-refractivity contribution in [2.45, 2.75) is 51.1 Å². The van der Waals surface area contributed by atoms with Crippen molar-refractivity contribution in [1.82, 2.24) is 4.90 Å². The van der Waals surface area contributed by atoms with Crippen LogP contribution in [0.1, 0.15) is 45.1 Å². The van der Waals surface area contributed by atoms with Crippen LogP contribution in [0, 0.1) is 5.92 Å². The standard InChI is InChI=1S/C26H32N2O3S/c1-4-31-22-15-14-19(16-23(22)30-3)17-24-25(29)28(21-13-9-8-10-18(21)2)26(32-24)27-20-11-6-5-7-12-20/h5-7,11-12,14-18,21,26-27H,4,8-10,13H2,1-3H3/b24-17-/t18-,21+,26?/m0/s1. The van der Waals surface area contributed by atoms with Gasteiger partial charge in [0.1, 0.15) is 0 Å². The van der Waals surface area contributed by atoms with E-state index in [-0.39, 0.29) is 17.4 Å². The van der Waals surface area contributed by atoms with Crippen LogP contribution in [0.5, 0.6) is 11.5 Å². The van der Waals surface area contributed by atoms with Gasteiger partial charge in [0.2, 0.25) is 0 Å². The van der Waals surface area contributed by atoms with Crippen LogP contribution in [-0.2, 0) is 4.79 Å². The molecule has 2 aliphatic rings. The van der Waals surface area contributed by atoms with Gasteiger partial charge in [-0.15, -0.1) is 0 Å². The minimum absolute atomic E-state index is 0.107. The van der Waals surface area contributed by atoms with Gasteiger partial charge < -0.3 is 19.7 Å². The molecule has 2 aromatic carbocycles. The second-order valence-electron chi connectivity index (χ2n) is 8.37. The first-order valence-corrected chi connectivity index (χ1v) is 12.3. The maximum absolute atomic E-state index is 13.6. The number of carbonyl (C=O) groups is 1. The third-order valence-corrected chi connectivity index (χ3v) is 7.32. The number of rotatable bonds is 7. The van der Waals surface area contributed by atoms with Gasteiger partial charge in [-0.05, 0) is 61.6 Å². The van der Waals surface area contributed by atoms with E-state index in [0.29, 0.717) is 24.0 Å². The van der Waals surface area contributed by atoms with E-state index in [1.165, 1.54) is 19.3 Å². The van der Waals surface area contributed by atoms with Crippen LogP contribution in [0.3, 0.4) is 0 Å². The molecule has 2 aromatic rings. The van der Waals surface area contributed by atoms with E-state index < -0.39 is 0 Å². The van der Waals surface area contributed by atoms with Crippen LogP contribution in [0.15, 0.2) is 53.4 Å². The fourth-order valence-electron chi connectivity index (χ4n) is 4.57. The van der Waals surface area contributed by atoms with E-state index in [1.54, 1.807) is 18.9 Å². The van der Waals surface area contributed by atoms with Gasteiger partial charge >= 0.3 is 0 Å².